The van der Waals surface area contributed by atoms with Gasteiger partial charge in [0.05, 0.1) is 36.7 Å². The monoisotopic (exact) mass is 434 g/mol. The molecule has 2 aromatic heterocycles. The largest absolute Gasteiger partial charge is 0.495 e. The molecule has 0 aliphatic carbocycles. The molecule has 4 heterocycles. The van der Waals surface area contributed by atoms with E-state index in [4.69, 9.17) is 21.7 Å². The van der Waals surface area contributed by atoms with E-state index < -0.39 is 0 Å². The molecule has 3 atom stereocenters. The number of ether oxygens (including phenoxy) is 2. The second-order valence-electron chi connectivity index (χ2n) is 7.89. The first-order chi connectivity index (χ1) is 15.3. The van der Waals surface area contributed by atoms with E-state index in [9.17, 15) is 0 Å². The Morgan fingerprint density at radius 3 is 2.81 bits per heavy atom. The van der Waals surface area contributed by atoms with Gasteiger partial charge in [-0.1, -0.05) is 18.2 Å². The smallest absolute Gasteiger partial charge is 0.170 e. The quantitative estimate of drug-likeness (QED) is 0.591. The summed E-state index contributed by atoms with van der Waals surface area (Å²) >= 11 is 5.81. The zero-order valence-electron chi connectivity index (χ0n) is 17.5. The molecular weight excluding hydrogens is 408 g/mol. The van der Waals surface area contributed by atoms with Crippen LogP contribution in [0.25, 0.3) is 5.69 Å². The molecule has 0 spiro atoms. The lowest BCUT2D eigenvalue weighted by Gasteiger charge is -2.30. The second kappa shape index (κ2) is 8.69. The molecule has 2 aliphatic heterocycles. The molecule has 5 rings (SSSR count). The predicted octanol–water partition coefficient (Wildman–Crippen LogP) is 4.03. The molecule has 0 amide bonds. The average molecular weight is 435 g/mol. The lowest BCUT2D eigenvalue weighted by molar-refractivity contribution is 0.0836. The highest BCUT2D eigenvalue weighted by Gasteiger charge is 2.42. The van der Waals surface area contributed by atoms with Crippen molar-refractivity contribution in [1.82, 2.24) is 19.8 Å². The summed E-state index contributed by atoms with van der Waals surface area (Å²) in [4.78, 5) is 6.91. The Morgan fingerprint density at radius 2 is 2.03 bits per heavy atom. The molecule has 0 bridgehead atoms. The molecule has 2 saturated heterocycles. The van der Waals surface area contributed by atoms with Crippen LogP contribution < -0.4 is 10.1 Å². The van der Waals surface area contributed by atoms with Crippen molar-refractivity contribution in [3.05, 3.63) is 78.4 Å². The SMILES string of the molecule is COc1ccccc1-n1cccc1[C@@H]1[C@@H](c2ccccn2)NC(=S)N1C[C@@H]1CCCO1. The minimum absolute atomic E-state index is 0.0217. The first kappa shape index (κ1) is 20.0. The van der Waals surface area contributed by atoms with Gasteiger partial charge in [-0.05, 0) is 61.5 Å². The van der Waals surface area contributed by atoms with Gasteiger partial charge in [-0.15, -0.1) is 0 Å². The van der Waals surface area contributed by atoms with Crippen LogP contribution in [0.2, 0.25) is 0 Å². The number of aromatic nitrogens is 2. The Morgan fingerprint density at radius 1 is 1.16 bits per heavy atom. The van der Waals surface area contributed by atoms with E-state index in [0.717, 1.165) is 53.9 Å². The third kappa shape index (κ3) is 3.79. The highest BCUT2D eigenvalue weighted by atomic mass is 32.1. The van der Waals surface area contributed by atoms with E-state index in [1.165, 1.54) is 0 Å². The van der Waals surface area contributed by atoms with Crippen molar-refractivity contribution in [1.29, 1.82) is 0 Å². The Bertz CT molecular complexity index is 1050. The number of benzene rings is 1. The maximum Gasteiger partial charge on any atom is 0.170 e. The summed E-state index contributed by atoms with van der Waals surface area (Å²) in [5.74, 6) is 0.827. The standard InChI is InChI=1S/C24H26N4O2S/c1-29-21-12-3-2-10-19(21)27-14-6-11-20(27)23-22(18-9-4-5-13-25-18)26-24(31)28(23)16-17-8-7-15-30-17/h2-6,9-14,17,22-23H,7-8,15-16H2,1H3,(H,26,31)/t17-,22+,23+/m0/s1. The van der Waals surface area contributed by atoms with Crippen LogP contribution in [0.5, 0.6) is 5.75 Å². The number of nitrogens with zero attached hydrogens (tertiary/aromatic N) is 3. The van der Waals surface area contributed by atoms with Crippen molar-refractivity contribution >= 4 is 17.3 Å². The van der Waals surface area contributed by atoms with Gasteiger partial charge in [-0.25, -0.2) is 0 Å². The fourth-order valence-corrected chi connectivity index (χ4v) is 4.93. The Labute approximate surface area is 187 Å². The van der Waals surface area contributed by atoms with Crippen molar-refractivity contribution in [2.75, 3.05) is 20.3 Å². The van der Waals surface area contributed by atoms with Gasteiger partial charge in [0.2, 0.25) is 0 Å². The van der Waals surface area contributed by atoms with E-state index in [1.807, 2.05) is 36.5 Å². The van der Waals surface area contributed by atoms with E-state index in [2.05, 4.69) is 50.2 Å². The summed E-state index contributed by atoms with van der Waals surface area (Å²) in [6.45, 7) is 1.58. The fourth-order valence-electron chi connectivity index (χ4n) is 4.61. The van der Waals surface area contributed by atoms with E-state index >= 15 is 0 Å². The molecule has 2 fully saturated rings. The van der Waals surface area contributed by atoms with Crippen LogP contribution in [0.4, 0.5) is 0 Å². The second-order valence-corrected chi connectivity index (χ2v) is 8.28. The predicted molar refractivity (Wildman–Crippen MR) is 123 cm³/mol. The third-order valence-electron chi connectivity index (χ3n) is 6.05. The van der Waals surface area contributed by atoms with Crippen LogP contribution in [0.3, 0.4) is 0 Å². The molecule has 160 valence electrons. The number of hydrogen-bond acceptors (Lipinski definition) is 4. The van der Waals surface area contributed by atoms with Crippen molar-refractivity contribution in [3.8, 4) is 11.4 Å². The van der Waals surface area contributed by atoms with Crippen LogP contribution in [0.1, 0.15) is 36.3 Å². The first-order valence-corrected chi connectivity index (χ1v) is 11.1. The lowest BCUT2D eigenvalue weighted by atomic mass is 10.0. The number of hydrogen-bond donors (Lipinski definition) is 1. The minimum atomic E-state index is -0.0570. The normalized spacial score (nSPS) is 23.2. The van der Waals surface area contributed by atoms with Gasteiger partial charge in [0.15, 0.2) is 5.11 Å². The van der Waals surface area contributed by atoms with Crippen LogP contribution >= 0.6 is 12.2 Å². The molecule has 1 aromatic carbocycles. The van der Waals surface area contributed by atoms with Crippen molar-refractivity contribution in [3.63, 3.8) is 0 Å². The van der Waals surface area contributed by atoms with Gasteiger partial charge < -0.3 is 24.3 Å². The number of pyridine rings is 1. The highest BCUT2D eigenvalue weighted by Crippen LogP contribution is 2.41. The highest BCUT2D eigenvalue weighted by molar-refractivity contribution is 7.80. The van der Waals surface area contributed by atoms with Crippen molar-refractivity contribution < 1.29 is 9.47 Å². The molecule has 0 unspecified atom stereocenters. The van der Waals surface area contributed by atoms with Gasteiger partial charge in [-0.3, -0.25) is 4.98 Å². The van der Waals surface area contributed by atoms with Gasteiger partial charge in [-0.2, -0.15) is 0 Å². The molecule has 31 heavy (non-hydrogen) atoms. The Balaban J connectivity index is 1.59. The molecule has 6 nitrogen and oxygen atoms in total. The third-order valence-corrected chi connectivity index (χ3v) is 6.40. The molecule has 0 radical (unpaired) electrons. The molecule has 3 aromatic rings. The minimum Gasteiger partial charge on any atom is -0.495 e. The summed E-state index contributed by atoms with van der Waals surface area (Å²) in [5.41, 5.74) is 3.10. The number of rotatable bonds is 6. The molecule has 2 aliphatic rings. The summed E-state index contributed by atoms with van der Waals surface area (Å²) < 4.78 is 13.8. The van der Waals surface area contributed by atoms with Gasteiger partial charge in [0.25, 0.3) is 0 Å². The zero-order valence-corrected chi connectivity index (χ0v) is 18.3. The van der Waals surface area contributed by atoms with Crippen LogP contribution in [-0.2, 0) is 4.74 Å². The summed E-state index contributed by atoms with van der Waals surface area (Å²) in [7, 11) is 1.70. The van der Waals surface area contributed by atoms with Crippen molar-refractivity contribution in [2.24, 2.45) is 0 Å². The fraction of sp³-hybridized carbons (Fsp3) is 0.333. The number of nitrogens with one attached hydrogen (secondary N) is 1. The molecule has 0 saturated carbocycles. The van der Waals surface area contributed by atoms with Crippen LogP contribution in [0.15, 0.2) is 67.0 Å². The summed E-state index contributed by atoms with van der Waals surface area (Å²) in [5, 5.41) is 4.27. The first-order valence-electron chi connectivity index (χ1n) is 10.7. The molecular formula is C24H26N4O2S. The van der Waals surface area contributed by atoms with Gasteiger partial charge >= 0.3 is 0 Å². The number of methoxy groups -OCH3 is 1. The summed E-state index contributed by atoms with van der Waals surface area (Å²) in [6.07, 6.45) is 6.27. The van der Waals surface area contributed by atoms with Crippen molar-refractivity contribution in [2.45, 2.75) is 31.0 Å². The number of thiocarbonyl (C=S) groups is 1. The molecule has 1 N–H and O–H groups in total. The van der Waals surface area contributed by atoms with Crippen LogP contribution in [-0.4, -0.2) is 45.9 Å². The van der Waals surface area contributed by atoms with E-state index in [0.29, 0.717) is 0 Å². The topological polar surface area (TPSA) is 51.5 Å². The zero-order chi connectivity index (χ0) is 21.2. The van der Waals surface area contributed by atoms with Gasteiger partial charge in [0, 0.05) is 31.2 Å². The lowest BCUT2D eigenvalue weighted by Crippen LogP contribution is -2.36. The maximum absolute atomic E-state index is 5.95. The maximum atomic E-state index is 5.95. The van der Waals surface area contributed by atoms with E-state index in [-0.39, 0.29) is 18.2 Å². The Kier molecular flexibility index (Phi) is 5.61. The average Bonchev–Trinajstić information content (AvgIpc) is 3.56. The summed E-state index contributed by atoms with van der Waals surface area (Å²) in [6, 6.07) is 18.2. The number of para-hydroxylation sites is 2. The Hall–Kier alpha value is -2.90. The molecule has 7 heteroatoms. The van der Waals surface area contributed by atoms with E-state index in [1.54, 1.807) is 7.11 Å². The van der Waals surface area contributed by atoms with Gasteiger partial charge in [0.1, 0.15) is 5.75 Å². The van der Waals surface area contributed by atoms with Crippen LogP contribution in [0, 0.1) is 0 Å².